The fourth-order valence-electron chi connectivity index (χ4n) is 4.13. The van der Waals surface area contributed by atoms with E-state index in [0.29, 0.717) is 42.8 Å². The van der Waals surface area contributed by atoms with Gasteiger partial charge in [-0.05, 0) is 52.8 Å². The molecule has 4 rings (SSSR count). The Bertz CT molecular complexity index is 1340. The van der Waals surface area contributed by atoms with Gasteiger partial charge in [-0.2, -0.15) is 0 Å². The molecule has 12 heteroatoms. The van der Waals surface area contributed by atoms with Crippen LogP contribution in [0.25, 0.3) is 10.6 Å². The van der Waals surface area contributed by atoms with E-state index in [1.165, 1.54) is 23.7 Å². The molecule has 1 N–H and O–H groups in total. The van der Waals surface area contributed by atoms with Gasteiger partial charge >= 0.3 is 6.09 Å². The van der Waals surface area contributed by atoms with Crippen LogP contribution < -0.4 is 10.1 Å². The van der Waals surface area contributed by atoms with Gasteiger partial charge in [0, 0.05) is 66.1 Å². The molecule has 2 aromatic heterocycles. The second-order valence-corrected chi connectivity index (χ2v) is 11.9. The van der Waals surface area contributed by atoms with Gasteiger partial charge in [-0.15, -0.1) is 11.3 Å². The van der Waals surface area contributed by atoms with Crippen molar-refractivity contribution < 1.29 is 27.8 Å². The van der Waals surface area contributed by atoms with Gasteiger partial charge < -0.3 is 19.7 Å². The summed E-state index contributed by atoms with van der Waals surface area (Å²) in [7, 11) is 0. The van der Waals surface area contributed by atoms with Crippen molar-refractivity contribution in [1.82, 2.24) is 25.2 Å². The summed E-state index contributed by atoms with van der Waals surface area (Å²) < 4.78 is 37.4. The van der Waals surface area contributed by atoms with Crippen LogP contribution in [0.4, 0.5) is 13.6 Å². The number of carbonyl (C=O) groups excluding carboxylic acids is 2. The van der Waals surface area contributed by atoms with Crippen LogP contribution in [0.1, 0.15) is 79.6 Å². The highest BCUT2D eigenvalue weighted by molar-refractivity contribution is 7.14. The Morgan fingerprint density at radius 1 is 1.07 bits per heavy atom. The number of likely N-dealkylation sites (tertiary alicyclic amines) is 1. The molecule has 214 valence electrons. The van der Waals surface area contributed by atoms with Crippen LogP contribution in [0.2, 0.25) is 0 Å². The molecule has 3 heterocycles. The highest BCUT2D eigenvalue weighted by Gasteiger charge is 2.28. The molecule has 1 aliphatic heterocycles. The number of aryl methyl sites for hydroxylation is 1. The molecule has 1 aliphatic rings. The topological polar surface area (TPSA) is 107 Å². The van der Waals surface area contributed by atoms with Crippen LogP contribution in [0, 0.1) is 6.92 Å². The first-order valence-electron chi connectivity index (χ1n) is 13.0. The number of hydrogen-bond acceptors (Lipinski definition) is 8. The standard InChI is InChI=1S/C28H33F2N5O4S/c1-16-13-33-26(40-16)19-10-18(25(36)34-17(2)20-14-31-24(23(29)30)32-15-20)11-22(12-19)38-21-6-8-35(9-7-21)27(37)39-28(3,4)5/h10-15,17,21,23H,6-9H2,1-5H3,(H,34,36). The van der Waals surface area contributed by atoms with Crippen LogP contribution >= 0.6 is 11.3 Å². The minimum atomic E-state index is -2.76. The van der Waals surface area contributed by atoms with E-state index >= 15 is 0 Å². The second kappa shape index (κ2) is 12.2. The maximum Gasteiger partial charge on any atom is 0.410 e. The number of amides is 2. The number of benzene rings is 1. The fraction of sp³-hybridized carbons (Fsp3) is 0.464. The molecule has 0 aliphatic carbocycles. The first kappa shape index (κ1) is 29.3. The molecule has 3 aromatic rings. The summed E-state index contributed by atoms with van der Waals surface area (Å²) in [6, 6.07) is 4.75. The molecule has 1 fully saturated rings. The van der Waals surface area contributed by atoms with Crippen LogP contribution in [0.3, 0.4) is 0 Å². The van der Waals surface area contributed by atoms with Gasteiger partial charge in [-0.25, -0.2) is 28.5 Å². The Morgan fingerprint density at radius 2 is 1.75 bits per heavy atom. The average molecular weight is 574 g/mol. The first-order valence-corrected chi connectivity index (χ1v) is 13.8. The van der Waals surface area contributed by atoms with E-state index in [-0.39, 0.29) is 18.1 Å². The minimum absolute atomic E-state index is 0.146. The molecule has 0 spiro atoms. The zero-order chi connectivity index (χ0) is 29.0. The Kier molecular flexibility index (Phi) is 8.97. The van der Waals surface area contributed by atoms with Crippen LogP contribution in [-0.2, 0) is 4.74 Å². The number of alkyl halides is 2. The highest BCUT2D eigenvalue weighted by Crippen LogP contribution is 2.31. The third-order valence-electron chi connectivity index (χ3n) is 6.17. The number of halogens is 2. The summed E-state index contributed by atoms with van der Waals surface area (Å²) in [5, 5.41) is 3.63. The maximum atomic E-state index is 13.3. The van der Waals surface area contributed by atoms with Gasteiger partial charge in [0.2, 0.25) is 0 Å². The molecular formula is C28H33F2N5O4S. The Labute approximate surface area is 236 Å². The Balaban J connectivity index is 1.48. The lowest BCUT2D eigenvalue weighted by atomic mass is 10.1. The lowest BCUT2D eigenvalue weighted by Gasteiger charge is -2.33. The molecular weight excluding hydrogens is 540 g/mol. The van der Waals surface area contributed by atoms with Gasteiger partial charge in [0.25, 0.3) is 12.3 Å². The summed E-state index contributed by atoms with van der Waals surface area (Å²) in [6.07, 6.45) is 2.32. The number of nitrogens with zero attached hydrogens (tertiary/aromatic N) is 4. The SMILES string of the molecule is Cc1cnc(-c2cc(OC3CCN(C(=O)OC(C)(C)C)CC3)cc(C(=O)NC(C)c3cnc(C(F)F)nc3)c2)s1. The van der Waals surface area contributed by atoms with Crippen LogP contribution in [0.5, 0.6) is 5.75 Å². The number of carbonyl (C=O) groups is 2. The number of hydrogen-bond donors (Lipinski definition) is 1. The Hall–Kier alpha value is -3.67. The summed E-state index contributed by atoms with van der Waals surface area (Å²) in [5.41, 5.74) is 1.04. The van der Waals surface area contributed by atoms with E-state index in [1.807, 2.05) is 33.8 Å². The smallest absolute Gasteiger partial charge is 0.410 e. The largest absolute Gasteiger partial charge is 0.490 e. The summed E-state index contributed by atoms with van der Waals surface area (Å²) in [6.45, 7) is 10.2. The van der Waals surface area contributed by atoms with Crippen molar-refractivity contribution in [2.75, 3.05) is 13.1 Å². The lowest BCUT2D eigenvalue weighted by molar-refractivity contribution is 0.0126. The number of piperidine rings is 1. The predicted octanol–water partition coefficient (Wildman–Crippen LogP) is 6.12. The number of aromatic nitrogens is 3. The van der Waals surface area contributed by atoms with E-state index in [9.17, 15) is 18.4 Å². The normalized spacial score (nSPS) is 15.2. The number of nitrogens with one attached hydrogen (secondary N) is 1. The van der Waals surface area contributed by atoms with Crippen molar-refractivity contribution in [2.24, 2.45) is 0 Å². The van der Waals surface area contributed by atoms with Gasteiger partial charge in [0.1, 0.15) is 22.5 Å². The molecule has 9 nitrogen and oxygen atoms in total. The Morgan fingerprint density at radius 3 is 2.33 bits per heavy atom. The van der Waals surface area contributed by atoms with Gasteiger partial charge in [0.05, 0.1) is 6.04 Å². The van der Waals surface area contributed by atoms with Crippen molar-refractivity contribution >= 4 is 23.3 Å². The molecule has 40 heavy (non-hydrogen) atoms. The van der Waals surface area contributed by atoms with Crippen molar-refractivity contribution in [2.45, 2.75) is 71.6 Å². The average Bonchev–Trinajstić information content (AvgIpc) is 3.34. The van der Waals surface area contributed by atoms with Crippen molar-refractivity contribution in [1.29, 1.82) is 0 Å². The third kappa shape index (κ3) is 7.71. The second-order valence-electron chi connectivity index (χ2n) is 10.7. The van der Waals surface area contributed by atoms with Gasteiger partial charge in [0.15, 0.2) is 5.82 Å². The molecule has 1 saturated heterocycles. The van der Waals surface area contributed by atoms with Crippen LogP contribution in [0.15, 0.2) is 36.8 Å². The zero-order valence-electron chi connectivity index (χ0n) is 23.1. The summed E-state index contributed by atoms with van der Waals surface area (Å²) in [4.78, 5) is 40.2. The molecule has 0 saturated carbocycles. The van der Waals surface area contributed by atoms with E-state index in [0.717, 1.165) is 15.4 Å². The number of rotatable bonds is 7. The first-order chi connectivity index (χ1) is 18.9. The summed E-state index contributed by atoms with van der Waals surface area (Å²) >= 11 is 1.50. The molecule has 1 aromatic carbocycles. The molecule has 2 amide bonds. The maximum absolute atomic E-state index is 13.3. The van der Waals surface area contributed by atoms with Gasteiger partial charge in [-0.1, -0.05) is 0 Å². The fourth-order valence-corrected chi connectivity index (χ4v) is 4.88. The van der Waals surface area contributed by atoms with Crippen molar-refractivity contribution in [3.05, 3.63) is 58.6 Å². The zero-order valence-corrected chi connectivity index (χ0v) is 23.9. The van der Waals surface area contributed by atoms with Gasteiger partial charge in [-0.3, -0.25) is 4.79 Å². The van der Waals surface area contributed by atoms with E-state index in [4.69, 9.17) is 9.47 Å². The number of ether oxygens (including phenoxy) is 2. The molecule has 0 radical (unpaired) electrons. The van der Waals surface area contributed by atoms with E-state index in [1.54, 1.807) is 30.2 Å². The number of thiazole rings is 1. The molecule has 0 bridgehead atoms. The highest BCUT2D eigenvalue weighted by atomic mass is 32.1. The monoisotopic (exact) mass is 573 g/mol. The van der Waals surface area contributed by atoms with E-state index < -0.39 is 23.9 Å². The van der Waals surface area contributed by atoms with Crippen molar-refractivity contribution in [3.8, 4) is 16.3 Å². The quantitative estimate of drug-likeness (QED) is 0.363. The van der Waals surface area contributed by atoms with Crippen molar-refractivity contribution in [3.63, 3.8) is 0 Å². The summed E-state index contributed by atoms with van der Waals surface area (Å²) in [5.74, 6) is -0.416. The van der Waals surface area contributed by atoms with E-state index in [2.05, 4.69) is 20.3 Å². The third-order valence-corrected chi connectivity index (χ3v) is 7.13. The predicted molar refractivity (Wildman–Crippen MR) is 147 cm³/mol. The lowest BCUT2D eigenvalue weighted by Crippen LogP contribution is -2.44. The van der Waals surface area contributed by atoms with Crippen LogP contribution in [-0.4, -0.2) is 56.6 Å². The minimum Gasteiger partial charge on any atom is -0.490 e. The molecule has 1 atom stereocenters. The molecule has 1 unspecified atom stereocenters.